The van der Waals surface area contributed by atoms with Gasteiger partial charge in [0.25, 0.3) is 5.91 Å². The lowest BCUT2D eigenvalue weighted by atomic mass is 10.1. The summed E-state index contributed by atoms with van der Waals surface area (Å²) in [5.74, 6) is -0.324. The zero-order chi connectivity index (χ0) is 23.4. The van der Waals surface area contributed by atoms with E-state index in [-0.39, 0.29) is 17.2 Å². The molecule has 0 spiro atoms. The number of ether oxygens (including phenoxy) is 2. The van der Waals surface area contributed by atoms with Crippen LogP contribution in [0.1, 0.15) is 48.3 Å². The molecule has 170 valence electrons. The molecule has 8 nitrogen and oxygen atoms in total. The normalized spacial score (nSPS) is 16.5. The predicted octanol–water partition coefficient (Wildman–Crippen LogP) is 5.18. The van der Waals surface area contributed by atoms with Gasteiger partial charge in [-0.3, -0.25) is 10.2 Å². The topological polar surface area (TPSA) is 104 Å². The van der Waals surface area contributed by atoms with Crippen molar-refractivity contribution < 1.29 is 19.1 Å². The number of unbranched alkanes of at least 4 members (excludes halogenated alkanes) is 1. The summed E-state index contributed by atoms with van der Waals surface area (Å²) in [4.78, 5) is 29.6. The summed E-state index contributed by atoms with van der Waals surface area (Å²) in [5, 5.41) is 17.4. The fourth-order valence-electron chi connectivity index (χ4n) is 3.14. The second kappa shape index (κ2) is 10.1. The van der Waals surface area contributed by atoms with Crippen molar-refractivity contribution in [1.29, 1.82) is 5.41 Å². The number of amidine groups is 2. The lowest BCUT2D eigenvalue weighted by Crippen LogP contribution is -2.35. The summed E-state index contributed by atoms with van der Waals surface area (Å²) in [7, 11) is 0. The van der Waals surface area contributed by atoms with Gasteiger partial charge in [0, 0.05) is 0 Å². The van der Waals surface area contributed by atoms with E-state index >= 15 is 0 Å². The summed E-state index contributed by atoms with van der Waals surface area (Å²) >= 11 is 2.63. The highest BCUT2D eigenvalue weighted by Gasteiger charge is 2.35. The average molecular weight is 483 g/mol. The summed E-state index contributed by atoms with van der Waals surface area (Å²) in [6.07, 6.45) is 4.39. The van der Waals surface area contributed by atoms with Gasteiger partial charge in [-0.25, -0.2) is 4.79 Å². The molecule has 1 aromatic carbocycles. The number of nitrogens with zero attached hydrogens (tertiary/aromatic N) is 3. The maximum atomic E-state index is 12.6. The Morgan fingerprint density at radius 3 is 2.82 bits per heavy atom. The van der Waals surface area contributed by atoms with Crippen molar-refractivity contribution in [3.63, 3.8) is 0 Å². The van der Waals surface area contributed by atoms with Gasteiger partial charge in [-0.1, -0.05) is 25.5 Å². The molecule has 0 unspecified atom stereocenters. The fourth-order valence-corrected chi connectivity index (χ4v) is 4.66. The van der Waals surface area contributed by atoms with E-state index in [9.17, 15) is 9.59 Å². The van der Waals surface area contributed by atoms with Gasteiger partial charge >= 0.3 is 5.97 Å². The highest BCUT2D eigenvalue weighted by Crippen LogP contribution is 2.33. The van der Waals surface area contributed by atoms with E-state index < -0.39 is 11.9 Å². The van der Waals surface area contributed by atoms with Gasteiger partial charge in [-0.05, 0) is 66.7 Å². The first-order chi connectivity index (χ1) is 16.0. The number of carbonyl (C=O) groups excluding carboxylic acids is 2. The molecule has 0 fully saturated rings. The number of aliphatic imine (C=N–C) groups is 1. The second-order valence-electron chi connectivity index (χ2n) is 7.12. The van der Waals surface area contributed by atoms with E-state index in [2.05, 4.69) is 17.0 Å². The van der Waals surface area contributed by atoms with Crippen LogP contribution in [0.2, 0.25) is 0 Å². The van der Waals surface area contributed by atoms with Crippen LogP contribution in [0.3, 0.4) is 0 Å². The molecule has 0 bridgehead atoms. The molecule has 0 atom stereocenters. The van der Waals surface area contributed by atoms with Crippen molar-refractivity contribution in [3.05, 3.63) is 51.7 Å². The Morgan fingerprint density at radius 2 is 2.09 bits per heavy atom. The van der Waals surface area contributed by atoms with Crippen molar-refractivity contribution in [3.8, 4) is 11.5 Å². The number of rotatable bonds is 8. The number of thioether (sulfide) groups is 1. The quantitative estimate of drug-likeness (QED) is 0.316. The molecule has 0 saturated heterocycles. The van der Waals surface area contributed by atoms with E-state index in [1.807, 2.05) is 6.92 Å². The second-order valence-corrected chi connectivity index (χ2v) is 9.11. The summed E-state index contributed by atoms with van der Waals surface area (Å²) in [6, 6.07) is 8.44. The molecule has 2 aliphatic rings. The zero-order valence-corrected chi connectivity index (χ0v) is 19.8. The van der Waals surface area contributed by atoms with Gasteiger partial charge in [0.1, 0.15) is 9.92 Å². The fraction of sp³-hybridized carbons (Fsp3) is 0.261. The number of esters is 1. The van der Waals surface area contributed by atoms with Crippen LogP contribution < -0.4 is 9.47 Å². The molecule has 3 heterocycles. The van der Waals surface area contributed by atoms with E-state index in [0.717, 1.165) is 24.3 Å². The van der Waals surface area contributed by atoms with E-state index in [1.165, 1.54) is 28.1 Å². The smallest absolute Gasteiger partial charge is 0.353 e. The first-order valence-corrected chi connectivity index (χ1v) is 12.2. The van der Waals surface area contributed by atoms with Crippen LogP contribution >= 0.6 is 23.1 Å². The van der Waals surface area contributed by atoms with Crippen molar-refractivity contribution in [2.75, 3.05) is 6.61 Å². The molecular weight excluding hydrogens is 460 g/mol. The van der Waals surface area contributed by atoms with Crippen molar-refractivity contribution in [1.82, 2.24) is 5.01 Å². The number of nitrogens with one attached hydrogen (secondary N) is 1. The Hall–Kier alpha value is -3.24. The Bertz CT molecular complexity index is 1190. The molecule has 1 aromatic heterocycles. The van der Waals surface area contributed by atoms with Gasteiger partial charge in [0.05, 0.1) is 12.2 Å². The number of fused-ring (bicyclic) bond motifs is 1. The molecule has 1 N–H and O–H groups in total. The molecule has 0 aliphatic carbocycles. The highest BCUT2D eigenvalue weighted by atomic mass is 32.2. The maximum absolute atomic E-state index is 12.6. The molecule has 10 heteroatoms. The third-order valence-corrected chi connectivity index (χ3v) is 6.56. The minimum Gasteiger partial charge on any atom is -0.490 e. The van der Waals surface area contributed by atoms with Crippen LogP contribution in [-0.4, -0.2) is 39.5 Å². The van der Waals surface area contributed by atoms with Crippen LogP contribution in [0, 0.1) is 5.41 Å². The van der Waals surface area contributed by atoms with Crippen molar-refractivity contribution in [2.45, 2.75) is 33.1 Å². The van der Waals surface area contributed by atoms with E-state index in [4.69, 9.17) is 14.9 Å². The van der Waals surface area contributed by atoms with Crippen LogP contribution in [-0.2, 0) is 4.79 Å². The Morgan fingerprint density at radius 1 is 1.24 bits per heavy atom. The lowest BCUT2D eigenvalue weighted by molar-refractivity contribution is -0.114. The maximum Gasteiger partial charge on any atom is 0.353 e. The van der Waals surface area contributed by atoms with Crippen LogP contribution in [0.15, 0.2) is 51.4 Å². The predicted molar refractivity (Wildman–Crippen MR) is 131 cm³/mol. The lowest BCUT2D eigenvalue weighted by Gasteiger charge is -2.20. The number of hydrazone groups is 1. The monoisotopic (exact) mass is 482 g/mol. The summed E-state index contributed by atoms with van der Waals surface area (Å²) in [5.41, 5.74) is 0.744. The van der Waals surface area contributed by atoms with Gasteiger partial charge in [0.2, 0.25) is 5.17 Å². The highest BCUT2D eigenvalue weighted by molar-refractivity contribution is 8.26. The van der Waals surface area contributed by atoms with E-state index in [1.54, 1.807) is 41.8 Å². The molecule has 2 aliphatic heterocycles. The standard InChI is InChI=1S/C23H22N4O4S2/c1-3-5-8-19-26-27-20(24)15(21(28)25-23(27)33-19)12-14-9-10-16(17(13-14)30-4-2)31-22(29)18-7-6-11-32-18/h6-7,9-13,24H,3-5,8H2,1-2H3/b15-12-,24-20?. The molecule has 2 aromatic rings. The SMILES string of the molecule is CCCCC1=NN2C(=N)/C(=C/c3ccc(OC(=O)c4cccs4)c(OCC)c3)C(=O)N=C2S1. The Kier molecular flexibility index (Phi) is 7.05. The van der Waals surface area contributed by atoms with Gasteiger partial charge in [0.15, 0.2) is 17.3 Å². The molecule has 0 radical (unpaired) electrons. The van der Waals surface area contributed by atoms with Gasteiger partial charge < -0.3 is 9.47 Å². The van der Waals surface area contributed by atoms with Gasteiger partial charge in [-0.2, -0.15) is 15.1 Å². The Balaban J connectivity index is 1.59. The van der Waals surface area contributed by atoms with Crippen molar-refractivity contribution >= 4 is 57.1 Å². The first kappa shape index (κ1) is 22.9. The summed E-state index contributed by atoms with van der Waals surface area (Å²) in [6.45, 7) is 4.29. The average Bonchev–Trinajstić information content (AvgIpc) is 3.47. The molecule has 4 rings (SSSR count). The van der Waals surface area contributed by atoms with Crippen LogP contribution in [0.25, 0.3) is 6.08 Å². The number of thiophene rings is 1. The third kappa shape index (κ3) is 5.07. The number of benzene rings is 1. The number of carbonyl (C=O) groups is 2. The molecule has 0 saturated carbocycles. The van der Waals surface area contributed by atoms with Crippen LogP contribution in [0.4, 0.5) is 0 Å². The van der Waals surface area contributed by atoms with Gasteiger partial charge in [-0.15, -0.1) is 11.3 Å². The zero-order valence-electron chi connectivity index (χ0n) is 18.2. The largest absolute Gasteiger partial charge is 0.490 e. The minimum absolute atomic E-state index is 0.0184. The number of hydrogen-bond donors (Lipinski definition) is 1. The molecular formula is C23H22N4O4S2. The van der Waals surface area contributed by atoms with E-state index in [0.29, 0.717) is 28.0 Å². The first-order valence-electron chi connectivity index (χ1n) is 10.5. The number of amides is 1. The minimum atomic E-state index is -0.489. The van der Waals surface area contributed by atoms with Crippen LogP contribution in [0.5, 0.6) is 11.5 Å². The third-order valence-electron chi connectivity index (χ3n) is 4.74. The van der Waals surface area contributed by atoms with Crippen molar-refractivity contribution in [2.24, 2.45) is 10.1 Å². The molecule has 1 amide bonds. The number of hydrogen-bond acceptors (Lipinski definition) is 8. The summed E-state index contributed by atoms with van der Waals surface area (Å²) < 4.78 is 11.2. The molecule has 33 heavy (non-hydrogen) atoms. The Labute approximate surface area is 199 Å².